The molecule has 2 amide bonds. The topological polar surface area (TPSA) is 123 Å². The van der Waals surface area contributed by atoms with Gasteiger partial charge in [-0.15, -0.1) is 0 Å². The number of amides is 2. The molecule has 0 radical (unpaired) electrons. The van der Waals surface area contributed by atoms with E-state index >= 15 is 0 Å². The summed E-state index contributed by atoms with van der Waals surface area (Å²) in [6.45, 7) is 4.51. The van der Waals surface area contributed by atoms with Gasteiger partial charge in [-0.25, -0.2) is 4.90 Å². The molecule has 0 aromatic rings. The number of carbonyl (C=O) groups is 2. The smallest absolute Gasteiger partial charge is 0.236 e. The quantitative estimate of drug-likeness (QED) is 0.0420. The number of imide groups is 1. The third-order valence-electron chi connectivity index (χ3n) is 7.96. The van der Waals surface area contributed by atoms with Gasteiger partial charge in [0.25, 0.3) is 0 Å². The second-order valence-corrected chi connectivity index (χ2v) is 12.0. The van der Waals surface area contributed by atoms with Gasteiger partial charge in [0.1, 0.15) is 0 Å². The van der Waals surface area contributed by atoms with Gasteiger partial charge in [0.15, 0.2) is 5.96 Å². The van der Waals surface area contributed by atoms with E-state index in [9.17, 15) is 9.59 Å². The molecule has 0 fully saturated rings. The molecule has 0 aromatic carbocycles. The molecule has 7 nitrogen and oxygen atoms in total. The number of guanidine groups is 2. The lowest BCUT2D eigenvalue weighted by molar-refractivity contribution is -0.140. The van der Waals surface area contributed by atoms with Crippen molar-refractivity contribution in [3.63, 3.8) is 0 Å². The molecule has 0 spiro atoms. The van der Waals surface area contributed by atoms with Crippen LogP contribution in [0, 0.1) is 10.8 Å². The van der Waals surface area contributed by atoms with Crippen LogP contribution in [0.25, 0.3) is 0 Å². The Labute approximate surface area is 253 Å². The van der Waals surface area contributed by atoms with Crippen molar-refractivity contribution >= 4 is 23.7 Å². The van der Waals surface area contributed by atoms with Crippen molar-refractivity contribution in [2.24, 2.45) is 5.73 Å². The van der Waals surface area contributed by atoms with Gasteiger partial charge in [0, 0.05) is 12.8 Å². The largest absolute Gasteiger partial charge is 0.370 e. The Hall–Kier alpha value is -1.92. The van der Waals surface area contributed by atoms with Gasteiger partial charge < -0.3 is 5.73 Å². The summed E-state index contributed by atoms with van der Waals surface area (Å²) >= 11 is 0. The fourth-order valence-electron chi connectivity index (χ4n) is 5.38. The molecule has 0 aliphatic rings. The van der Waals surface area contributed by atoms with Crippen molar-refractivity contribution in [1.82, 2.24) is 10.2 Å². The van der Waals surface area contributed by atoms with Gasteiger partial charge in [-0.3, -0.25) is 25.7 Å². The average Bonchev–Trinajstić information content (AvgIpc) is 2.93. The second kappa shape index (κ2) is 29.6. The fourth-order valence-corrected chi connectivity index (χ4v) is 5.38. The van der Waals surface area contributed by atoms with Gasteiger partial charge >= 0.3 is 0 Å². The lowest BCUT2D eigenvalue weighted by Crippen LogP contribution is -2.51. The first-order valence-electron chi connectivity index (χ1n) is 17.5. The molecule has 0 aliphatic carbocycles. The molecule has 240 valence electrons. The van der Waals surface area contributed by atoms with E-state index in [2.05, 4.69) is 19.2 Å². The van der Waals surface area contributed by atoms with Crippen molar-refractivity contribution in [2.75, 3.05) is 0 Å². The lowest BCUT2D eigenvalue weighted by atomic mass is 10.0. The molecule has 5 N–H and O–H groups in total. The summed E-state index contributed by atoms with van der Waals surface area (Å²) in [4.78, 5) is 26.6. The van der Waals surface area contributed by atoms with Crippen molar-refractivity contribution in [1.29, 1.82) is 10.8 Å². The van der Waals surface area contributed by atoms with Crippen molar-refractivity contribution in [3.8, 4) is 0 Å². The number of unbranched alkanes of at least 4 members (excludes halogenated alkanes) is 24. The molecule has 0 rings (SSSR count). The first kappa shape index (κ1) is 39.1. The van der Waals surface area contributed by atoms with E-state index < -0.39 is 11.9 Å². The standard InChI is InChI=1S/C34H67N5O2/c1-3-5-7-9-11-13-15-17-19-21-23-25-27-29-31(40)39(34(37)38-33(35)36)32(41)30-28-26-24-22-20-18-16-14-12-10-8-6-4-2/h3-30H2,1-2H3,(H5,35,36,37,38). The Morgan fingerprint density at radius 1 is 0.488 bits per heavy atom. The normalized spacial score (nSPS) is 11.0. The van der Waals surface area contributed by atoms with Crippen molar-refractivity contribution in [2.45, 2.75) is 194 Å². The van der Waals surface area contributed by atoms with Crippen LogP contribution in [0.4, 0.5) is 0 Å². The van der Waals surface area contributed by atoms with E-state index in [1.54, 1.807) is 0 Å². The van der Waals surface area contributed by atoms with E-state index in [4.69, 9.17) is 16.6 Å². The summed E-state index contributed by atoms with van der Waals surface area (Å²) in [5, 5.41) is 17.9. The maximum Gasteiger partial charge on any atom is 0.236 e. The van der Waals surface area contributed by atoms with E-state index in [1.807, 2.05) is 0 Å². The zero-order valence-electron chi connectivity index (χ0n) is 27.1. The van der Waals surface area contributed by atoms with Crippen LogP contribution >= 0.6 is 0 Å². The van der Waals surface area contributed by atoms with Crippen molar-refractivity contribution in [3.05, 3.63) is 0 Å². The van der Waals surface area contributed by atoms with E-state index in [0.29, 0.717) is 12.8 Å². The lowest BCUT2D eigenvalue weighted by Gasteiger charge is -2.21. The number of hydrogen-bond acceptors (Lipinski definition) is 4. The number of nitrogens with one attached hydrogen (secondary N) is 3. The zero-order valence-corrected chi connectivity index (χ0v) is 27.1. The van der Waals surface area contributed by atoms with E-state index in [1.165, 1.54) is 128 Å². The Kier molecular flexibility index (Phi) is 28.2. The highest BCUT2D eigenvalue weighted by Crippen LogP contribution is 2.15. The second-order valence-electron chi connectivity index (χ2n) is 12.0. The van der Waals surface area contributed by atoms with Gasteiger partial charge in [-0.2, -0.15) is 0 Å². The van der Waals surface area contributed by atoms with Crippen LogP contribution in [0.15, 0.2) is 0 Å². The molecule has 0 aliphatic heterocycles. The maximum atomic E-state index is 12.9. The van der Waals surface area contributed by atoms with Crippen LogP contribution < -0.4 is 11.1 Å². The first-order valence-corrected chi connectivity index (χ1v) is 17.5. The predicted octanol–water partition coefficient (Wildman–Crippen LogP) is 9.72. The Morgan fingerprint density at radius 2 is 0.732 bits per heavy atom. The summed E-state index contributed by atoms with van der Waals surface area (Å²) < 4.78 is 0. The number of nitrogens with zero attached hydrogens (tertiary/aromatic N) is 1. The number of hydrogen-bond donors (Lipinski definition) is 4. The third-order valence-corrected chi connectivity index (χ3v) is 7.96. The van der Waals surface area contributed by atoms with Gasteiger partial charge in [-0.05, 0) is 12.8 Å². The first-order chi connectivity index (χ1) is 19.9. The molecule has 7 heteroatoms. The maximum absolute atomic E-state index is 12.9. The number of nitrogens with two attached hydrogens (primary N) is 1. The van der Waals surface area contributed by atoms with Gasteiger partial charge in [0.05, 0.1) is 0 Å². The highest BCUT2D eigenvalue weighted by Gasteiger charge is 2.25. The van der Waals surface area contributed by atoms with Crippen LogP contribution in [-0.2, 0) is 9.59 Å². The molecule has 0 bridgehead atoms. The molecular formula is C34H67N5O2. The van der Waals surface area contributed by atoms with Crippen molar-refractivity contribution < 1.29 is 9.59 Å². The molecule has 0 saturated carbocycles. The van der Waals surface area contributed by atoms with Crippen LogP contribution in [-0.4, -0.2) is 28.6 Å². The third kappa shape index (κ3) is 25.5. The molecule has 0 saturated heterocycles. The molecule has 0 unspecified atom stereocenters. The summed E-state index contributed by atoms with van der Waals surface area (Å²) in [6.07, 6.45) is 32.4. The van der Waals surface area contributed by atoms with Crippen LogP contribution in [0.1, 0.15) is 194 Å². The minimum absolute atomic E-state index is 0.240. The summed E-state index contributed by atoms with van der Waals surface area (Å²) in [5.41, 5.74) is 5.36. The highest BCUT2D eigenvalue weighted by atomic mass is 16.2. The molecule has 41 heavy (non-hydrogen) atoms. The SMILES string of the molecule is CCCCCCCCCCCCCCCC(=O)N(C(=N)NC(=N)N)C(=O)CCCCCCCCCCCCCCC. The molecular weight excluding hydrogens is 510 g/mol. The fraction of sp³-hybridized carbons (Fsp3) is 0.882. The van der Waals surface area contributed by atoms with Gasteiger partial charge in [0.2, 0.25) is 17.8 Å². The summed E-state index contributed by atoms with van der Waals surface area (Å²) in [7, 11) is 0. The molecule has 0 aromatic heterocycles. The number of carbonyl (C=O) groups excluding carboxylic acids is 2. The van der Waals surface area contributed by atoms with E-state index in [-0.39, 0.29) is 24.7 Å². The predicted molar refractivity (Wildman–Crippen MR) is 175 cm³/mol. The average molecular weight is 578 g/mol. The summed E-state index contributed by atoms with van der Waals surface area (Å²) in [5.74, 6) is -1.59. The molecule has 0 atom stereocenters. The van der Waals surface area contributed by atoms with E-state index in [0.717, 1.165) is 30.6 Å². The minimum Gasteiger partial charge on any atom is -0.370 e. The van der Waals surface area contributed by atoms with Gasteiger partial charge in [-0.1, -0.05) is 168 Å². The monoisotopic (exact) mass is 578 g/mol. The Balaban J connectivity index is 4.06. The Morgan fingerprint density at radius 3 is 0.976 bits per heavy atom. The van der Waals surface area contributed by atoms with Crippen LogP contribution in [0.5, 0.6) is 0 Å². The highest BCUT2D eigenvalue weighted by molar-refractivity contribution is 6.14. The summed E-state index contributed by atoms with van der Waals surface area (Å²) in [6, 6.07) is 0. The Bertz CT molecular complexity index is 626. The van der Waals surface area contributed by atoms with Crippen LogP contribution in [0.2, 0.25) is 0 Å². The number of rotatable bonds is 28. The zero-order chi connectivity index (χ0) is 30.4. The molecule has 0 heterocycles. The minimum atomic E-state index is -0.442. The van der Waals surface area contributed by atoms with Crippen LogP contribution in [0.3, 0.4) is 0 Å².